The topological polar surface area (TPSA) is 117 Å². The maximum absolute atomic E-state index is 10.6. The smallest absolute Gasteiger partial charge is 0.251 e. The van der Waals surface area contributed by atoms with Gasteiger partial charge in [-0.3, -0.25) is 4.79 Å². The first-order valence-corrected chi connectivity index (χ1v) is 10.0. The molecule has 156 valence electrons. The van der Waals surface area contributed by atoms with E-state index in [-0.39, 0.29) is 5.91 Å². The van der Waals surface area contributed by atoms with Crippen LogP contribution in [0.1, 0.15) is 25.7 Å². The lowest BCUT2D eigenvalue weighted by Crippen LogP contribution is -2.28. The van der Waals surface area contributed by atoms with Crippen LogP contribution in [0.25, 0.3) is 22.8 Å². The van der Waals surface area contributed by atoms with E-state index >= 15 is 0 Å². The van der Waals surface area contributed by atoms with E-state index in [1.165, 1.54) is 30.4 Å². The van der Waals surface area contributed by atoms with Crippen molar-refractivity contribution in [2.75, 3.05) is 18.9 Å². The van der Waals surface area contributed by atoms with Crippen molar-refractivity contribution in [3.8, 4) is 22.8 Å². The Hall–Kier alpha value is -3.33. The molecule has 1 atom stereocenters. The summed E-state index contributed by atoms with van der Waals surface area (Å²) >= 11 is 0. The first kappa shape index (κ1) is 20.0. The molecule has 30 heavy (non-hydrogen) atoms. The van der Waals surface area contributed by atoms with E-state index in [1.807, 2.05) is 24.3 Å². The Morgan fingerprint density at radius 3 is 2.40 bits per heavy atom. The molecule has 0 spiro atoms. The molecule has 9 nitrogen and oxygen atoms in total. The first-order valence-electron chi connectivity index (χ1n) is 10.0. The zero-order valence-electron chi connectivity index (χ0n) is 16.7. The molecule has 9 heteroatoms. The number of nitrogens with zero attached hydrogens (tertiary/aromatic N) is 5. The summed E-state index contributed by atoms with van der Waals surface area (Å²) in [6.07, 6.45) is 6.82. The maximum atomic E-state index is 10.6. The summed E-state index contributed by atoms with van der Waals surface area (Å²) in [6, 6.07) is 9.92. The van der Waals surface area contributed by atoms with E-state index in [9.17, 15) is 4.79 Å². The van der Waals surface area contributed by atoms with Crippen LogP contribution in [0.2, 0.25) is 0 Å². The van der Waals surface area contributed by atoms with E-state index in [0.29, 0.717) is 30.6 Å². The number of likely N-dealkylation sites (N-methyl/N-ethyl adjacent to an activating group) is 1. The van der Waals surface area contributed by atoms with Crippen LogP contribution >= 0.6 is 0 Å². The fraction of sp³-hybridized carbons (Fsp3) is 0.381. The lowest BCUT2D eigenvalue weighted by atomic mass is 9.93. The summed E-state index contributed by atoms with van der Waals surface area (Å²) in [5.41, 5.74) is 3.06. The van der Waals surface area contributed by atoms with Gasteiger partial charge in [0.05, 0.1) is 17.1 Å². The number of aliphatic hydroxyl groups is 1. The summed E-state index contributed by atoms with van der Waals surface area (Å²) in [4.78, 5) is 25.6. The molecule has 1 saturated heterocycles. The average molecular weight is 408 g/mol. The number of carbonyl (C=O) groups is 1. The number of hydrogen-bond acceptors (Lipinski definition) is 8. The second-order valence-electron chi connectivity index (χ2n) is 7.39. The molecule has 4 heterocycles. The number of nitrogens with one attached hydrogen (secondary N) is 1. The monoisotopic (exact) mass is 408 g/mol. The van der Waals surface area contributed by atoms with Gasteiger partial charge in [-0.15, -0.1) is 0 Å². The van der Waals surface area contributed by atoms with Gasteiger partial charge in [0.25, 0.3) is 5.91 Å². The second-order valence-corrected chi connectivity index (χ2v) is 7.39. The van der Waals surface area contributed by atoms with Gasteiger partial charge in [-0.1, -0.05) is 11.2 Å². The molecule has 1 amide bonds. The number of amides is 1. The van der Waals surface area contributed by atoms with Gasteiger partial charge >= 0.3 is 0 Å². The molecule has 1 unspecified atom stereocenters. The van der Waals surface area contributed by atoms with Gasteiger partial charge in [-0.2, -0.15) is 0 Å². The lowest BCUT2D eigenvalue weighted by molar-refractivity contribution is -0.133. The van der Waals surface area contributed by atoms with Crippen molar-refractivity contribution < 1.29 is 14.4 Å². The molecule has 0 bridgehead atoms. The zero-order valence-corrected chi connectivity index (χ0v) is 16.7. The SMILES string of the molecule is CN1CCC(O)C1=O.c1cc(-c2ccon2)nc(-c2ccnc(NC3CCC3)n2)c1. The third-order valence-corrected chi connectivity index (χ3v) is 5.20. The Morgan fingerprint density at radius 2 is 1.83 bits per heavy atom. The minimum absolute atomic E-state index is 0.148. The summed E-state index contributed by atoms with van der Waals surface area (Å²) < 4.78 is 4.87. The van der Waals surface area contributed by atoms with Gasteiger partial charge in [0, 0.05) is 31.9 Å². The summed E-state index contributed by atoms with van der Waals surface area (Å²) in [5, 5.41) is 16.0. The fourth-order valence-corrected chi connectivity index (χ4v) is 3.17. The summed E-state index contributed by atoms with van der Waals surface area (Å²) in [7, 11) is 1.69. The van der Waals surface area contributed by atoms with Crippen molar-refractivity contribution in [3.63, 3.8) is 0 Å². The quantitative estimate of drug-likeness (QED) is 0.676. The number of aromatic nitrogens is 4. The molecule has 3 aromatic heterocycles. The fourth-order valence-electron chi connectivity index (χ4n) is 3.17. The minimum Gasteiger partial charge on any atom is -0.383 e. The Bertz CT molecular complexity index is 978. The van der Waals surface area contributed by atoms with Crippen LogP contribution in [0.15, 0.2) is 47.3 Å². The molecule has 0 aromatic carbocycles. The van der Waals surface area contributed by atoms with Crippen LogP contribution in [-0.2, 0) is 4.79 Å². The molecular weight excluding hydrogens is 384 g/mol. The molecule has 2 fully saturated rings. The average Bonchev–Trinajstić information content (AvgIpc) is 3.38. The van der Waals surface area contributed by atoms with Crippen LogP contribution in [-0.4, -0.2) is 61.8 Å². The highest BCUT2D eigenvalue weighted by atomic mass is 16.5. The number of pyridine rings is 1. The number of anilines is 1. The van der Waals surface area contributed by atoms with E-state index in [4.69, 9.17) is 9.63 Å². The van der Waals surface area contributed by atoms with Crippen molar-refractivity contribution in [1.82, 2.24) is 25.0 Å². The van der Waals surface area contributed by atoms with Gasteiger partial charge < -0.3 is 19.8 Å². The van der Waals surface area contributed by atoms with E-state index < -0.39 is 6.10 Å². The second kappa shape index (κ2) is 9.00. The molecule has 0 radical (unpaired) electrons. The van der Waals surface area contributed by atoms with Crippen molar-refractivity contribution >= 4 is 11.9 Å². The molecule has 5 rings (SSSR count). The number of carbonyl (C=O) groups excluding carboxylic acids is 1. The number of aliphatic hydroxyl groups excluding tert-OH is 1. The van der Waals surface area contributed by atoms with Gasteiger partial charge in [0.1, 0.15) is 18.1 Å². The van der Waals surface area contributed by atoms with Crippen LogP contribution in [0.3, 0.4) is 0 Å². The van der Waals surface area contributed by atoms with Crippen LogP contribution in [0.4, 0.5) is 5.95 Å². The summed E-state index contributed by atoms with van der Waals surface area (Å²) in [6.45, 7) is 0.694. The highest BCUT2D eigenvalue weighted by molar-refractivity contribution is 5.82. The molecule has 2 N–H and O–H groups in total. The van der Waals surface area contributed by atoms with Gasteiger partial charge in [0.15, 0.2) is 0 Å². The van der Waals surface area contributed by atoms with Crippen LogP contribution < -0.4 is 5.32 Å². The maximum Gasteiger partial charge on any atom is 0.251 e. The Labute approximate surface area is 174 Å². The molecular formula is C21H24N6O3. The zero-order chi connectivity index (χ0) is 20.9. The van der Waals surface area contributed by atoms with Crippen molar-refractivity contribution in [3.05, 3.63) is 42.8 Å². The van der Waals surface area contributed by atoms with E-state index in [1.54, 1.807) is 19.3 Å². The predicted octanol–water partition coefficient (Wildman–Crippen LogP) is 2.37. The largest absolute Gasteiger partial charge is 0.383 e. The standard InChI is InChI=1S/C16H15N5O.C5H9NO2/c1-3-11(4-1)18-16-17-9-7-14(20-16)12-5-2-6-13(19-12)15-8-10-22-21-15;1-6-3-2-4(7)5(6)8/h2,5-11H,1,3-4H2,(H,17,18,20);4,7H,2-3H2,1H3. The van der Waals surface area contributed by atoms with Gasteiger partial charge in [0.2, 0.25) is 5.95 Å². The minimum atomic E-state index is -0.722. The van der Waals surface area contributed by atoms with E-state index in [0.717, 1.165) is 17.1 Å². The highest BCUT2D eigenvalue weighted by Gasteiger charge is 2.26. The van der Waals surface area contributed by atoms with E-state index in [2.05, 4.69) is 25.4 Å². The molecule has 1 aliphatic heterocycles. The molecule has 1 aliphatic carbocycles. The first-order chi connectivity index (χ1) is 14.6. The molecule has 1 saturated carbocycles. The molecule has 3 aromatic rings. The Kier molecular flexibility index (Phi) is 5.99. The summed E-state index contributed by atoms with van der Waals surface area (Å²) in [5.74, 6) is 0.515. The van der Waals surface area contributed by atoms with Gasteiger partial charge in [-0.25, -0.2) is 15.0 Å². The van der Waals surface area contributed by atoms with Crippen LogP contribution in [0, 0.1) is 0 Å². The number of likely N-dealkylation sites (tertiary alicyclic amines) is 1. The third kappa shape index (κ3) is 4.62. The lowest BCUT2D eigenvalue weighted by Gasteiger charge is -2.26. The van der Waals surface area contributed by atoms with Crippen molar-refractivity contribution in [1.29, 1.82) is 0 Å². The Morgan fingerprint density at radius 1 is 1.07 bits per heavy atom. The molecule has 2 aliphatic rings. The predicted molar refractivity (Wildman–Crippen MR) is 110 cm³/mol. The van der Waals surface area contributed by atoms with Crippen molar-refractivity contribution in [2.24, 2.45) is 0 Å². The van der Waals surface area contributed by atoms with Gasteiger partial charge in [-0.05, 0) is 43.9 Å². The van der Waals surface area contributed by atoms with Crippen molar-refractivity contribution in [2.45, 2.75) is 37.8 Å². The third-order valence-electron chi connectivity index (χ3n) is 5.20. The highest BCUT2D eigenvalue weighted by Crippen LogP contribution is 2.24. The van der Waals surface area contributed by atoms with Crippen LogP contribution in [0.5, 0.6) is 0 Å². The number of rotatable bonds is 4. The Balaban J connectivity index is 0.000000230. The number of hydrogen-bond donors (Lipinski definition) is 2. The normalized spacial score (nSPS) is 18.5.